The second-order valence-corrected chi connectivity index (χ2v) is 4.29. The Bertz CT molecular complexity index is 335. The number of anilines is 2. The van der Waals surface area contributed by atoms with Gasteiger partial charge in [-0.3, -0.25) is 4.98 Å². The van der Waals surface area contributed by atoms with Crippen LogP contribution in [0, 0.1) is 5.92 Å². The fourth-order valence-corrected chi connectivity index (χ4v) is 2.11. The first-order valence-corrected chi connectivity index (χ1v) is 5.82. The lowest BCUT2D eigenvalue weighted by molar-refractivity contribution is 0.203. The molecule has 0 spiro atoms. The van der Waals surface area contributed by atoms with Crippen LogP contribution >= 0.6 is 0 Å². The SMILES string of the molecule is CNc1cncc(N2CCC(CO)CC2)c1. The van der Waals surface area contributed by atoms with Gasteiger partial charge in [-0.2, -0.15) is 0 Å². The molecule has 4 nitrogen and oxygen atoms in total. The summed E-state index contributed by atoms with van der Waals surface area (Å²) in [5.74, 6) is 0.483. The molecule has 2 rings (SSSR count). The van der Waals surface area contributed by atoms with Crippen LogP contribution in [-0.4, -0.2) is 36.8 Å². The Hall–Kier alpha value is -1.29. The van der Waals surface area contributed by atoms with Crippen LogP contribution in [-0.2, 0) is 0 Å². The molecule has 1 saturated heterocycles. The van der Waals surface area contributed by atoms with Crippen LogP contribution < -0.4 is 10.2 Å². The van der Waals surface area contributed by atoms with E-state index in [0.717, 1.165) is 31.6 Å². The monoisotopic (exact) mass is 221 g/mol. The fourth-order valence-electron chi connectivity index (χ4n) is 2.11. The third-order valence-corrected chi connectivity index (χ3v) is 3.25. The van der Waals surface area contributed by atoms with E-state index in [9.17, 15) is 0 Å². The van der Waals surface area contributed by atoms with Gasteiger partial charge < -0.3 is 15.3 Å². The first kappa shape index (κ1) is 11.2. The lowest BCUT2D eigenvalue weighted by Crippen LogP contribution is -2.34. The van der Waals surface area contributed by atoms with E-state index in [1.54, 1.807) is 0 Å². The topological polar surface area (TPSA) is 48.4 Å². The van der Waals surface area contributed by atoms with E-state index >= 15 is 0 Å². The van der Waals surface area contributed by atoms with E-state index < -0.39 is 0 Å². The number of aliphatic hydroxyl groups is 1. The molecule has 0 bridgehead atoms. The van der Waals surface area contributed by atoms with Gasteiger partial charge in [0.15, 0.2) is 0 Å². The summed E-state index contributed by atoms with van der Waals surface area (Å²) in [4.78, 5) is 6.55. The number of pyridine rings is 1. The summed E-state index contributed by atoms with van der Waals surface area (Å²) in [6, 6.07) is 2.12. The van der Waals surface area contributed by atoms with Gasteiger partial charge in [-0.05, 0) is 24.8 Å². The minimum atomic E-state index is 0.322. The highest BCUT2D eigenvalue weighted by molar-refractivity contribution is 5.55. The summed E-state index contributed by atoms with van der Waals surface area (Å²) in [6.07, 6.45) is 5.87. The van der Waals surface area contributed by atoms with E-state index in [0.29, 0.717) is 12.5 Å². The van der Waals surface area contributed by atoms with Crippen molar-refractivity contribution in [1.29, 1.82) is 0 Å². The van der Waals surface area contributed by atoms with Crippen LogP contribution in [0.15, 0.2) is 18.5 Å². The first-order chi connectivity index (χ1) is 7.83. The lowest BCUT2D eigenvalue weighted by atomic mass is 9.98. The number of rotatable bonds is 3. The molecule has 0 unspecified atom stereocenters. The maximum absolute atomic E-state index is 9.09. The number of hydrogen-bond donors (Lipinski definition) is 2. The van der Waals surface area contributed by atoms with Gasteiger partial charge in [0.2, 0.25) is 0 Å². The standard InChI is InChI=1S/C12H19N3O/c1-13-11-6-12(8-14-7-11)15-4-2-10(9-16)3-5-15/h6-8,10,13,16H,2-5,9H2,1H3. The summed E-state index contributed by atoms with van der Waals surface area (Å²) in [7, 11) is 1.90. The summed E-state index contributed by atoms with van der Waals surface area (Å²) < 4.78 is 0. The maximum Gasteiger partial charge on any atom is 0.0573 e. The van der Waals surface area contributed by atoms with Gasteiger partial charge in [-0.15, -0.1) is 0 Å². The number of piperidine rings is 1. The van der Waals surface area contributed by atoms with Crippen LogP contribution in [0.1, 0.15) is 12.8 Å². The quantitative estimate of drug-likeness (QED) is 0.808. The molecular weight excluding hydrogens is 202 g/mol. The zero-order chi connectivity index (χ0) is 11.4. The molecule has 2 N–H and O–H groups in total. The van der Waals surface area contributed by atoms with E-state index in [1.807, 2.05) is 19.4 Å². The van der Waals surface area contributed by atoms with Gasteiger partial charge in [-0.1, -0.05) is 0 Å². The Labute approximate surface area is 96.3 Å². The molecule has 1 aromatic rings. The molecule has 0 aliphatic carbocycles. The second kappa shape index (κ2) is 5.16. The van der Waals surface area contributed by atoms with Crippen LogP contribution in [0.4, 0.5) is 11.4 Å². The number of nitrogens with zero attached hydrogens (tertiary/aromatic N) is 2. The molecule has 1 aliphatic heterocycles. The maximum atomic E-state index is 9.09. The molecule has 0 radical (unpaired) electrons. The fraction of sp³-hybridized carbons (Fsp3) is 0.583. The van der Waals surface area contributed by atoms with Crippen LogP contribution in [0.25, 0.3) is 0 Å². The molecule has 88 valence electrons. The molecule has 0 saturated carbocycles. The zero-order valence-electron chi connectivity index (χ0n) is 9.69. The van der Waals surface area contributed by atoms with Crippen LogP contribution in [0.5, 0.6) is 0 Å². The summed E-state index contributed by atoms with van der Waals surface area (Å²) in [5, 5.41) is 12.2. The molecule has 2 heterocycles. The van der Waals surface area contributed by atoms with Crippen molar-refractivity contribution < 1.29 is 5.11 Å². The molecule has 1 aromatic heterocycles. The van der Waals surface area contributed by atoms with E-state index in [1.165, 1.54) is 5.69 Å². The van der Waals surface area contributed by atoms with Gasteiger partial charge in [0.1, 0.15) is 0 Å². The van der Waals surface area contributed by atoms with Gasteiger partial charge in [0.05, 0.1) is 23.8 Å². The molecule has 0 amide bonds. The second-order valence-electron chi connectivity index (χ2n) is 4.29. The van der Waals surface area contributed by atoms with Crippen molar-refractivity contribution in [2.24, 2.45) is 5.92 Å². The number of aliphatic hydroxyl groups excluding tert-OH is 1. The Balaban J connectivity index is 2.02. The molecule has 1 fully saturated rings. The Kier molecular flexibility index (Phi) is 3.62. The predicted octanol–water partition coefficient (Wildman–Crippen LogP) is 1.33. The van der Waals surface area contributed by atoms with E-state index in [-0.39, 0.29) is 0 Å². The van der Waals surface area contributed by atoms with Crippen molar-refractivity contribution in [1.82, 2.24) is 4.98 Å². The molecule has 0 atom stereocenters. The van der Waals surface area contributed by atoms with Crippen molar-refractivity contribution in [2.45, 2.75) is 12.8 Å². The van der Waals surface area contributed by atoms with Gasteiger partial charge in [0, 0.05) is 26.7 Å². The van der Waals surface area contributed by atoms with Crippen molar-refractivity contribution in [3.63, 3.8) is 0 Å². The van der Waals surface area contributed by atoms with Crippen molar-refractivity contribution in [2.75, 3.05) is 37.0 Å². The van der Waals surface area contributed by atoms with Crippen LogP contribution in [0.3, 0.4) is 0 Å². The number of hydrogen-bond acceptors (Lipinski definition) is 4. The highest BCUT2D eigenvalue weighted by atomic mass is 16.3. The summed E-state index contributed by atoms with van der Waals surface area (Å²) >= 11 is 0. The molecular formula is C12H19N3O. The largest absolute Gasteiger partial charge is 0.396 e. The summed E-state index contributed by atoms with van der Waals surface area (Å²) in [5.41, 5.74) is 2.21. The summed E-state index contributed by atoms with van der Waals surface area (Å²) in [6.45, 7) is 2.35. The molecule has 0 aromatic carbocycles. The third-order valence-electron chi connectivity index (χ3n) is 3.25. The van der Waals surface area contributed by atoms with Gasteiger partial charge in [-0.25, -0.2) is 0 Å². The molecule has 4 heteroatoms. The Morgan fingerprint density at radius 3 is 2.81 bits per heavy atom. The minimum absolute atomic E-state index is 0.322. The normalized spacial score (nSPS) is 17.5. The highest BCUT2D eigenvalue weighted by Gasteiger charge is 2.18. The van der Waals surface area contributed by atoms with Gasteiger partial charge in [0.25, 0.3) is 0 Å². The Morgan fingerprint density at radius 2 is 2.19 bits per heavy atom. The van der Waals surface area contributed by atoms with Crippen molar-refractivity contribution in [3.8, 4) is 0 Å². The van der Waals surface area contributed by atoms with E-state index in [4.69, 9.17) is 5.11 Å². The smallest absolute Gasteiger partial charge is 0.0573 e. The van der Waals surface area contributed by atoms with Crippen molar-refractivity contribution in [3.05, 3.63) is 18.5 Å². The number of aromatic nitrogens is 1. The van der Waals surface area contributed by atoms with Crippen LogP contribution in [0.2, 0.25) is 0 Å². The first-order valence-electron chi connectivity index (χ1n) is 5.82. The van der Waals surface area contributed by atoms with Gasteiger partial charge >= 0.3 is 0 Å². The molecule has 1 aliphatic rings. The Morgan fingerprint density at radius 1 is 1.44 bits per heavy atom. The predicted molar refractivity (Wildman–Crippen MR) is 65.8 cm³/mol. The average Bonchev–Trinajstić information content (AvgIpc) is 2.39. The minimum Gasteiger partial charge on any atom is -0.396 e. The average molecular weight is 221 g/mol. The molecule has 16 heavy (non-hydrogen) atoms. The number of nitrogens with one attached hydrogen (secondary N) is 1. The lowest BCUT2D eigenvalue weighted by Gasteiger charge is -2.32. The third kappa shape index (κ3) is 2.44. The van der Waals surface area contributed by atoms with Crippen molar-refractivity contribution >= 4 is 11.4 Å². The highest BCUT2D eigenvalue weighted by Crippen LogP contribution is 2.24. The zero-order valence-corrected chi connectivity index (χ0v) is 9.69. The van der Waals surface area contributed by atoms with E-state index in [2.05, 4.69) is 21.3 Å².